The number of halogens is 1. The highest BCUT2D eigenvalue weighted by Crippen LogP contribution is 2.34. The number of hydrogen-bond acceptors (Lipinski definition) is 2. The zero-order chi connectivity index (χ0) is 12.4. The van der Waals surface area contributed by atoms with Crippen LogP contribution in [0.15, 0.2) is 22.7 Å². The smallest absolute Gasteiger partial charge is 0.137 e. The largest absolute Gasteiger partial charge is 0.492 e. The standard InChI is InChI=1S/C15H20BrNO/c16-14-3-1-2-12(10-17-13-6-7-13)15(14)18-9-8-11-4-5-11/h1-3,11,13,17H,4-10H2. The first-order valence-corrected chi connectivity index (χ1v) is 7.76. The van der Waals surface area contributed by atoms with E-state index in [0.717, 1.165) is 35.3 Å². The van der Waals surface area contributed by atoms with E-state index in [1.807, 2.05) is 0 Å². The molecule has 3 rings (SSSR count). The SMILES string of the molecule is Brc1cccc(CNC2CC2)c1OCCC1CC1. The van der Waals surface area contributed by atoms with Crippen LogP contribution in [-0.2, 0) is 6.54 Å². The number of nitrogens with one attached hydrogen (secondary N) is 1. The first-order chi connectivity index (χ1) is 8.83. The van der Waals surface area contributed by atoms with E-state index >= 15 is 0 Å². The second-order valence-corrected chi connectivity index (χ2v) is 6.32. The first kappa shape index (κ1) is 12.5. The van der Waals surface area contributed by atoms with E-state index in [1.54, 1.807) is 0 Å². The molecule has 2 fully saturated rings. The fourth-order valence-corrected chi connectivity index (χ4v) is 2.65. The highest BCUT2D eigenvalue weighted by Gasteiger charge is 2.22. The van der Waals surface area contributed by atoms with E-state index in [9.17, 15) is 0 Å². The Morgan fingerprint density at radius 3 is 2.78 bits per heavy atom. The van der Waals surface area contributed by atoms with Gasteiger partial charge in [-0.15, -0.1) is 0 Å². The number of para-hydroxylation sites is 1. The molecule has 2 aliphatic rings. The lowest BCUT2D eigenvalue weighted by Gasteiger charge is -2.13. The molecule has 0 unspecified atom stereocenters. The zero-order valence-electron chi connectivity index (χ0n) is 10.6. The van der Waals surface area contributed by atoms with Crippen LogP contribution in [0.1, 0.15) is 37.7 Å². The fourth-order valence-electron chi connectivity index (χ4n) is 2.13. The molecule has 2 saturated carbocycles. The maximum atomic E-state index is 5.98. The van der Waals surface area contributed by atoms with Crippen molar-refractivity contribution >= 4 is 15.9 Å². The maximum absolute atomic E-state index is 5.98. The van der Waals surface area contributed by atoms with Crippen LogP contribution < -0.4 is 10.1 Å². The van der Waals surface area contributed by atoms with Crippen LogP contribution in [0.4, 0.5) is 0 Å². The van der Waals surface area contributed by atoms with E-state index in [4.69, 9.17) is 4.74 Å². The third-order valence-corrected chi connectivity index (χ3v) is 4.30. The molecular formula is C15H20BrNO. The molecule has 98 valence electrons. The second kappa shape index (κ2) is 5.62. The summed E-state index contributed by atoms with van der Waals surface area (Å²) in [6, 6.07) is 7.05. The maximum Gasteiger partial charge on any atom is 0.137 e. The number of ether oxygens (including phenoxy) is 1. The van der Waals surface area contributed by atoms with Gasteiger partial charge in [0.25, 0.3) is 0 Å². The average molecular weight is 310 g/mol. The van der Waals surface area contributed by atoms with E-state index in [1.165, 1.54) is 37.7 Å². The molecule has 1 aromatic rings. The molecule has 0 spiro atoms. The van der Waals surface area contributed by atoms with Crippen LogP contribution in [0.3, 0.4) is 0 Å². The molecule has 3 heteroatoms. The van der Waals surface area contributed by atoms with Gasteiger partial charge in [-0.1, -0.05) is 25.0 Å². The van der Waals surface area contributed by atoms with Crippen molar-refractivity contribution in [3.8, 4) is 5.75 Å². The Bertz CT molecular complexity index is 413. The average Bonchev–Trinajstić information content (AvgIpc) is 3.24. The summed E-state index contributed by atoms with van der Waals surface area (Å²) >= 11 is 3.60. The third-order valence-electron chi connectivity index (χ3n) is 3.68. The normalized spacial score (nSPS) is 18.9. The molecule has 0 heterocycles. The van der Waals surface area contributed by atoms with Crippen molar-refractivity contribution in [3.63, 3.8) is 0 Å². The Labute approximate surface area is 117 Å². The van der Waals surface area contributed by atoms with Crippen molar-refractivity contribution in [2.24, 2.45) is 5.92 Å². The molecule has 0 aromatic heterocycles. The third kappa shape index (κ3) is 3.48. The lowest BCUT2D eigenvalue weighted by Crippen LogP contribution is -2.16. The topological polar surface area (TPSA) is 21.3 Å². The van der Waals surface area contributed by atoms with Gasteiger partial charge in [0.2, 0.25) is 0 Å². The Kier molecular flexibility index (Phi) is 3.90. The van der Waals surface area contributed by atoms with Crippen LogP contribution in [-0.4, -0.2) is 12.6 Å². The van der Waals surface area contributed by atoms with Gasteiger partial charge in [0.15, 0.2) is 0 Å². The minimum atomic E-state index is 0.739. The molecule has 0 aliphatic heterocycles. The van der Waals surface area contributed by atoms with Gasteiger partial charge < -0.3 is 10.1 Å². The quantitative estimate of drug-likeness (QED) is 0.825. The molecule has 0 atom stereocenters. The molecule has 1 N–H and O–H groups in total. The van der Waals surface area contributed by atoms with Gasteiger partial charge in [-0.2, -0.15) is 0 Å². The second-order valence-electron chi connectivity index (χ2n) is 5.46. The fraction of sp³-hybridized carbons (Fsp3) is 0.600. The van der Waals surface area contributed by atoms with Crippen LogP contribution in [0.25, 0.3) is 0 Å². The van der Waals surface area contributed by atoms with Gasteiger partial charge in [0.05, 0.1) is 11.1 Å². The predicted octanol–water partition coefficient (Wildman–Crippen LogP) is 3.88. The first-order valence-electron chi connectivity index (χ1n) is 6.96. The monoisotopic (exact) mass is 309 g/mol. The van der Waals surface area contributed by atoms with E-state index in [2.05, 4.69) is 39.4 Å². The van der Waals surface area contributed by atoms with Gasteiger partial charge >= 0.3 is 0 Å². The summed E-state index contributed by atoms with van der Waals surface area (Å²) in [7, 11) is 0. The summed E-state index contributed by atoms with van der Waals surface area (Å²) in [4.78, 5) is 0. The Morgan fingerprint density at radius 2 is 2.06 bits per heavy atom. The van der Waals surface area contributed by atoms with Crippen molar-refractivity contribution in [3.05, 3.63) is 28.2 Å². The van der Waals surface area contributed by atoms with Crippen LogP contribution in [0, 0.1) is 5.92 Å². The lowest BCUT2D eigenvalue weighted by atomic mass is 10.2. The van der Waals surface area contributed by atoms with E-state index < -0.39 is 0 Å². The van der Waals surface area contributed by atoms with Crippen LogP contribution in [0.2, 0.25) is 0 Å². The molecule has 18 heavy (non-hydrogen) atoms. The summed E-state index contributed by atoms with van der Waals surface area (Å²) in [5.41, 5.74) is 1.27. The van der Waals surface area contributed by atoms with Crippen LogP contribution in [0.5, 0.6) is 5.75 Å². The molecule has 1 aromatic carbocycles. The molecule has 2 aliphatic carbocycles. The minimum absolute atomic E-state index is 0.739. The van der Waals surface area contributed by atoms with Crippen molar-refractivity contribution in [1.82, 2.24) is 5.32 Å². The predicted molar refractivity (Wildman–Crippen MR) is 76.8 cm³/mol. The Hall–Kier alpha value is -0.540. The number of benzene rings is 1. The zero-order valence-corrected chi connectivity index (χ0v) is 12.2. The van der Waals surface area contributed by atoms with Gasteiger partial charge in [-0.25, -0.2) is 0 Å². The highest BCUT2D eigenvalue weighted by molar-refractivity contribution is 9.10. The van der Waals surface area contributed by atoms with Gasteiger partial charge in [-0.3, -0.25) is 0 Å². The number of hydrogen-bond donors (Lipinski definition) is 1. The number of rotatable bonds is 7. The Balaban J connectivity index is 1.59. The van der Waals surface area contributed by atoms with Crippen molar-refractivity contribution < 1.29 is 4.74 Å². The summed E-state index contributed by atoms with van der Waals surface area (Å²) < 4.78 is 7.06. The van der Waals surface area contributed by atoms with Crippen LogP contribution >= 0.6 is 15.9 Å². The van der Waals surface area contributed by atoms with Crippen molar-refractivity contribution in [2.45, 2.75) is 44.7 Å². The van der Waals surface area contributed by atoms with E-state index in [-0.39, 0.29) is 0 Å². The Morgan fingerprint density at radius 1 is 1.22 bits per heavy atom. The minimum Gasteiger partial charge on any atom is -0.492 e. The lowest BCUT2D eigenvalue weighted by molar-refractivity contribution is 0.297. The van der Waals surface area contributed by atoms with Gasteiger partial charge in [0.1, 0.15) is 5.75 Å². The molecule has 0 bridgehead atoms. The van der Waals surface area contributed by atoms with Crippen molar-refractivity contribution in [1.29, 1.82) is 0 Å². The molecule has 0 amide bonds. The summed E-state index contributed by atoms with van der Waals surface area (Å²) in [6.07, 6.45) is 6.65. The van der Waals surface area contributed by atoms with E-state index in [0.29, 0.717) is 0 Å². The summed E-state index contributed by atoms with van der Waals surface area (Å²) in [5, 5.41) is 3.55. The summed E-state index contributed by atoms with van der Waals surface area (Å²) in [6.45, 7) is 1.77. The molecular weight excluding hydrogens is 290 g/mol. The van der Waals surface area contributed by atoms with Crippen molar-refractivity contribution in [2.75, 3.05) is 6.61 Å². The van der Waals surface area contributed by atoms with Gasteiger partial charge in [-0.05, 0) is 47.2 Å². The highest BCUT2D eigenvalue weighted by atomic mass is 79.9. The summed E-state index contributed by atoms with van der Waals surface area (Å²) in [5.74, 6) is 1.96. The molecule has 2 nitrogen and oxygen atoms in total. The molecule has 0 radical (unpaired) electrons. The van der Waals surface area contributed by atoms with Gasteiger partial charge in [0, 0.05) is 18.2 Å². The molecule has 0 saturated heterocycles.